The summed E-state index contributed by atoms with van der Waals surface area (Å²) in [6.07, 6.45) is 3.62. The number of nitrogens with zero attached hydrogens (tertiary/aromatic N) is 2. The normalized spacial score (nSPS) is 10.8. The Bertz CT molecular complexity index is 1030. The number of carbonyl (C=O) groups excluding carboxylic acids is 1. The molecule has 0 bridgehead atoms. The molecule has 0 fully saturated rings. The van der Waals surface area contributed by atoms with Crippen LogP contribution in [0.15, 0.2) is 95.7 Å². The molecule has 4 rings (SSSR count). The van der Waals surface area contributed by atoms with Gasteiger partial charge in [0.15, 0.2) is 0 Å². The molecular weight excluding hydrogens is 348 g/mol. The molecule has 4 aromatic rings. The molecular formula is C24H22N2O2. The number of carbonyl (C=O) groups is 1. The van der Waals surface area contributed by atoms with Gasteiger partial charge in [0.2, 0.25) is 0 Å². The van der Waals surface area contributed by atoms with Crippen LogP contribution < -0.4 is 0 Å². The molecule has 2 heterocycles. The fourth-order valence-electron chi connectivity index (χ4n) is 3.26. The first-order valence-electron chi connectivity index (χ1n) is 9.28. The van der Waals surface area contributed by atoms with Crippen LogP contribution in [0.3, 0.4) is 0 Å². The molecule has 2 aromatic carbocycles. The van der Waals surface area contributed by atoms with Gasteiger partial charge < -0.3 is 13.9 Å². The second-order valence-corrected chi connectivity index (χ2v) is 6.79. The van der Waals surface area contributed by atoms with Gasteiger partial charge in [-0.2, -0.15) is 0 Å². The Morgan fingerprint density at radius 2 is 1.61 bits per heavy atom. The first-order chi connectivity index (χ1) is 13.7. The Hall–Kier alpha value is -3.53. The van der Waals surface area contributed by atoms with Gasteiger partial charge in [0.25, 0.3) is 5.91 Å². The van der Waals surface area contributed by atoms with Crippen molar-refractivity contribution in [3.8, 4) is 11.1 Å². The van der Waals surface area contributed by atoms with E-state index in [4.69, 9.17) is 4.42 Å². The molecule has 0 aliphatic carbocycles. The first-order valence-corrected chi connectivity index (χ1v) is 9.28. The maximum atomic E-state index is 13.2. The van der Waals surface area contributed by atoms with Crippen LogP contribution in [0.25, 0.3) is 11.1 Å². The summed E-state index contributed by atoms with van der Waals surface area (Å²) in [4.78, 5) is 15.0. The summed E-state index contributed by atoms with van der Waals surface area (Å²) in [7, 11) is 1.99. The highest BCUT2D eigenvalue weighted by molar-refractivity contribution is 5.94. The zero-order chi connectivity index (χ0) is 19.3. The van der Waals surface area contributed by atoms with Gasteiger partial charge in [0.05, 0.1) is 19.4 Å². The molecule has 0 saturated carbocycles. The third kappa shape index (κ3) is 3.91. The van der Waals surface area contributed by atoms with Crippen molar-refractivity contribution >= 4 is 5.91 Å². The van der Waals surface area contributed by atoms with Gasteiger partial charge in [-0.25, -0.2) is 0 Å². The molecule has 0 aliphatic heterocycles. The summed E-state index contributed by atoms with van der Waals surface area (Å²) in [5, 5.41) is 0. The number of hydrogen-bond acceptors (Lipinski definition) is 2. The molecule has 4 heteroatoms. The Morgan fingerprint density at radius 3 is 2.25 bits per heavy atom. The highest BCUT2D eigenvalue weighted by Gasteiger charge is 2.19. The van der Waals surface area contributed by atoms with Crippen molar-refractivity contribution in [2.75, 3.05) is 0 Å². The second kappa shape index (κ2) is 8.01. The molecule has 4 nitrogen and oxygen atoms in total. The summed E-state index contributed by atoms with van der Waals surface area (Å²) in [6, 6.07) is 25.7. The van der Waals surface area contributed by atoms with Gasteiger partial charge in [-0.15, -0.1) is 0 Å². The van der Waals surface area contributed by atoms with E-state index < -0.39 is 0 Å². The Kier molecular flexibility index (Phi) is 5.11. The Balaban J connectivity index is 1.58. The van der Waals surface area contributed by atoms with Crippen molar-refractivity contribution in [2.24, 2.45) is 7.05 Å². The van der Waals surface area contributed by atoms with E-state index in [1.807, 2.05) is 89.4 Å². The van der Waals surface area contributed by atoms with Crippen molar-refractivity contribution < 1.29 is 9.21 Å². The predicted octanol–water partition coefficient (Wildman–Crippen LogP) is 5.13. The largest absolute Gasteiger partial charge is 0.467 e. The van der Waals surface area contributed by atoms with Gasteiger partial charge in [-0.3, -0.25) is 4.79 Å². The third-order valence-electron chi connectivity index (χ3n) is 4.86. The minimum atomic E-state index is -0.0165. The van der Waals surface area contributed by atoms with Crippen LogP contribution in [0, 0.1) is 0 Å². The minimum absolute atomic E-state index is 0.0165. The molecule has 2 aromatic heterocycles. The van der Waals surface area contributed by atoms with E-state index in [-0.39, 0.29) is 5.91 Å². The molecule has 0 radical (unpaired) electrons. The highest BCUT2D eigenvalue weighted by atomic mass is 16.3. The maximum absolute atomic E-state index is 13.2. The number of furan rings is 1. The van der Waals surface area contributed by atoms with E-state index in [2.05, 4.69) is 12.1 Å². The lowest BCUT2D eigenvalue weighted by atomic mass is 10.0. The Labute approximate surface area is 164 Å². The summed E-state index contributed by atoms with van der Waals surface area (Å²) >= 11 is 0. The summed E-state index contributed by atoms with van der Waals surface area (Å²) < 4.78 is 7.50. The van der Waals surface area contributed by atoms with Crippen molar-refractivity contribution in [1.82, 2.24) is 9.47 Å². The topological polar surface area (TPSA) is 38.4 Å². The SMILES string of the molecule is Cn1cccc1CN(Cc1ccco1)C(=O)c1ccc(-c2ccccc2)cc1. The van der Waals surface area contributed by atoms with Crippen LogP contribution in [-0.2, 0) is 20.1 Å². The number of benzene rings is 2. The van der Waals surface area contributed by atoms with E-state index in [0.717, 1.165) is 22.6 Å². The predicted molar refractivity (Wildman–Crippen MR) is 110 cm³/mol. The molecule has 0 unspecified atom stereocenters. The second-order valence-electron chi connectivity index (χ2n) is 6.79. The first kappa shape index (κ1) is 17.9. The van der Waals surface area contributed by atoms with Gasteiger partial charge in [0.1, 0.15) is 5.76 Å². The quantitative estimate of drug-likeness (QED) is 0.472. The van der Waals surface area contributed by atoms with Crippen LogP contribution in [-0.4, -0.2) is 15.4 Å². The summed E-state index contributed by atoms with van der Waals surface area (Å²) in [5.74, 6) is 0.751. The number of aryl methyl sites for hydroxylation is 1. The van der Waals surface area contributed by atoms with Crippen LogP contribution in [0.2, 0.25) is 0 Å². The number of amides is 1. The fourth-order valence-corrected chi connectivity index (χ4v) is 3.26. The molecule has 0 N–H and O–H groups in total. The van der Waals surface area contributed by atoms with Crippen molar-refractivity contribution in [1.29, 1.82) is 0 Å². The minimum Gasteiger partial charge on any atom is -0.467 e. The zero-order valence-electron chi connectivity index (χ0n) is 15.8. The smallest absolute Gasteiger partial charge is 0.254 e. The van der Waals surface area contributed by atoms with Crippen molar-refractivity contribution in [2.45, 2.75) is 13.1 Å². The van der Waals surface area contributed by atoms with E-state index in [1.165, 1.54) is 0 Å². The average Bonchev–Trinajstić information content (AvgIpc) is 3.40. The van der Waals surface area contributed by atoms with E-state index >= 15 is 0 Å². The molecule has 0 aliphatic rings. The third-order valence-corrected chi connectivity index (χ3v) is 4.86. The van der Waals surface area contributed by atoms with E-state index in [0.29, 0.717) is 18.7 Å². The highest BCUT2D eigenvalue weighted by Crippen LogP contribution is 2.21. The van der Waals surface area contributed by atoms with Crippen LogP contribution in [0.1, 0.15) is 21.8 Å². The lowest BCUT2D eigenvalue weighted by Gasteiger charge is -2.22. The molecule has 1 amide bonds. The molecule has 140 valence electrons. The number of hydrogen-bond donors (Lipinski definition) is 0. The number of aromatic nitrogens is 1. The van der Waals surface area contributed by atoms with Gasteiger partial charge in [0, 0.05) is 24.5 Å². The molecule has 0 atom stereocenters. The standard InChI is InChI=1S/C24H22N2O2/c1-25-15-5-9-22(25)17-26(18-23-10-6-16-28-23)24(27)21-13-11-20(12-14-21)19-7-3-2-4-8-19/h2-16H,17-18H2,1H3. The van der Waals surface area contributed by atoms with Gasteiger partial charge >= 0.3 is 0 Å². The van der Waals surface area contributed by atoms with Gasteiger partial charge in [-0.1, -0.05) is 42.5 Å². The summed E-state index contributed by atoms with van der Waals surface area (Å²) in [5.41, 5.74) is 3.97. The van der Waals surface area contributed by atoms with Crippen LogP contribution >= 0.6 is 0 Å². The maximum Gasteiger partial charge on any atom is 0.254 e. The average molecular weight is 370 g/mol. The lowest BCUT2D eigenvalue weighted by molar-refractivity contribution is 0.0714. The van der Waals surface area contributed by atoms with E-state index in [1.54, 1.807) is 6.26 Å². The van der Waals surface area contributed by atoms with Crippen molar-refractivity contribution in [3.05, 3.63) is 108 Å². The number of rotatable bonds is 6. The van der Waals surface area contributed by atoms with Crippen LogP contribution in [0.4, 0.5) is 0 Å². The fraction of sp³-hybridized carbons (Fsp3) is 0.125. The molecule has 28 heavy (non-hydrogen) atoms. The van der Waals surface area contributed by atoms with Gasteiger partial charge in [-0.05, 0) is 47.5 Å². The molecule has 0 saturated heterocycles. The van der Waals surface area contributed by atoms with Crippen LogP contribution in [0.5, 0.6) is 0 Å². The summed E-state index contributed by atoms with van der Waals surface area (Å²) in [6.45, 7) is 0.945. The molecule has 0 spiro atoms. The van der Waals surface area contributed by atoms with E-state index in [9.17, 15) is 4.79 Å². The monoisotopic (exact) mass is 370 g/mol. The van der Waals surface area contributed by atoms with Crippen molar-refractivity contribution in [3.63, 3.8) is 0 Å². The Morgan fingerprint density at radius 1 is 0.857 bits per heavy atom. The zero-order valence-corrected chi connectivity index (χ0v) is 15.8. The lowest BCUT2D eigenvalue weighted by Crippen LogP contribution is -2.30.